The lowest BCUT2D eigenvalue weighted by Gasteiger charge is -2.37. The van der Waals surface area contributed by atoms with E-state index in [1.54, 1.807) is 14.2 Å². The first-order chi connectivity index (χ1) is 13.2. The maximum Gasteiger partial charge on any atom is 0.173 e. The number of hydrogen-bond acceptors (Lipinski definition) is 5. The van der Waals surface area contributed by atoms with Gasteiger partial charge in [0, 0.05) is 32.2 Å². The van der Waals surface area contributed by atoms with Crippen molar-refractivity contribution in [3.8, 4) is 17.6 Å². The smallest absolute Gasteiger partial charge is 0.173 e. The summed E-state index contributed by atoms with van der Waals surface area (Å²) in [5.41, 5.74) is 2.46. The van der Waals surface area contributed by atoms with Crippen LogP contribution in [-0.4, -0.2) is 50.4 Å². The predicted octanol–water partition coefficient (Wildman–Crippen LogP) is 3.09. The van der Waals surface area contributed by atoms with E-state index in [4.69, 9.17) is 21.7 Å². The molecule has 1 aliphatic heterocycles. The van der Waals surface area contributed by atoms with Gasteiger partial charge in [0.2, 0.25) is 0 Å². The van der Waals surface area contributed by atoms with Crippen molar-refractivity contribution in [2.45, 2.75) is 0 Å². The number of benzene rings is 2. The Bertz CT molecular complexity index is 857. The minimum Gasteiger partial charge on any atom is -0.497 e. The number of thiocarbonyl (C=S) groups is 1. The zero-order valence-electron chi connectivity index (χ0n) is 15.4. The fourth-order valence-corrected chi connectivity index (χ4v) is 3.39. The third-order valence-electron chi connectivity index (χ3n) is 4.58. The van der Waals surface area contributed by atoms with E-state index in [0.29, 0.717) is 16.4 Å². The second-order valence-electron chi connectivity index (χ2n) is 6.10. The summed E-state index contributed by atoms with van der Waals surface area (Å²) in [6.45, 7) is 3.15. The Balaban J connectivity index is 1.65. The number of nitrogens with zero attached hydrogens (tertiary/aromatic N) is 3. The molecule has 0 aliphatic carbocycles. The van der Waals surface area contributed by atoms with Gasteiger partial charge >= 0.3 is 0 Å². The first-order valence-corrected chi connectivity index (χ1v) is 9.09. The number of piperazine rings is 1. The average Bonchev–Trinajstić information content (AvgIpc) is 2.73. The van der Waals surface area contributed by atoms with Crippen LogP contribution in [0.2, 0.25) is 0 Å². The molecule has 7 heteroatoms. The molecule has 0 amide bonds. The molecule has 1 aliphatic rings. The Labute approximate surface area is 164 Å². The second-order valence-corrected chi connectivity index (χ2v) is 6.49. The van der Waals surface area contributed by atoms with Gasteiger partial charge in [-0.3, -0.25) is 0 Å². The van der Waals surface area contributed by atoms with Crippen molar-refractivity contribution in [3.63, 3.8) is 0 Å². The van der Waals surface area contributed by atoms with E-state index < -0.39 is 0 Å². The monoisotopic (exact) mass is 382 g/mol. The molecule has 2 aromatic rings. The Kier molecular flexibility index (Phi) is 5.99. The minimum atomic E-state index is 0.648. The summed E-state index contributed by atoms with van der Waals surface area (Å²) in [4.78, 5) is 4.35. The molecular formula is C20H22N4O2S. The van der Waals surface area contributed by atoms with E-state index in [-0.39, 0.29) is 0 Å². The van der Waals surface area contributed by atoms with Gasteiger partial charge in [-0.1, -0.05) is 12.1 Å². The summed E-state index contributed by atoms with van der Waals surface area (Å²) in [6.07, 6.45) is 0. The normalized spacial score (nSPS) is 13.7. The van der Waals surface area contributed by atoms with Gasteiger partial charge in [0.25, 0.3) is 0 Å². The van der Waals surface area contributed by atoms with Gasteiger partial charge in [0.1, 0.15) is 17.6 Å². The number of hydrogen-bond donors (Lipinski definition) is 1. The zero-order chi connectivity index (χ0) is 19.2. The van der Waals surface area contributed by atoms with Crippen LogP contribution in [0.15, 0.2) is 42.5 Å². The summed E-state index contributed by atoms with van der Waals surface area (Å²) in [7, 11) is 3.25. The molecule has 0 unspecified atom stereocenters. The number of para-hydroxylation sites is 1. The van der Waals surface area contributed by atoms with Crippen molar-refractivity contribution < 1.29 is 9.47 Å². The van der Waals surface area contributed by atoms with Crippen molar-refractivity contribution in [2.24, 2.45) is 0 Å². The zero-order valence-corrected chi connectivity index (χ0v) is 16.3. The molecule has 3 rings (SSSR count). The van der Waals surface area contributed by atoms with Gasteiger partial charge in [-0.2, -0.15) is 5.26 Å². The largest absolute Gasteiger partial charge is 0.497 e. The number of nitriles is 1. The summed E-state index contributed by atoms with van der Waals surface area (Å²) in [5, 5.41) is 13.2. The van der Waals surface area contributed by atoms with Crippen molar-refractivity contribution in [2.75, 3.05) is 50.6 Å². The quantitative estimate of drug-likeness (QED) is 0.816. The molecule has 1 N–H and O–H groups in total. The minimum absolute atomic E-state index is 0.648. The number of anilines is 2. The van der Waals surface area contributed by atoms with E-state index in [1.807, 2.05) is 42.5 Å². The third-order valence-corrected chi connectivity index (χ3v) is 4.94. The van der Waals surface area contributed by atoms with Gasteiger partial charge in [0.15, 0.2) is 5.11 Å². The third kappa shape index (κ3) is 4.23. The summed E-state index contributed by atoms with van der Waals surface area (Å²) in [5.74, 6) is 1.44. The lowest BCUT2D eigenvalue weighted by atomic mass is 10.1. The maximum atomic E-state index is 9.31. The fraction of sp³-hybridized carbons (Fsp3) is 0.300. The highest BCUT2D eigenvalue weighted by Gasteiger charge is 2.21. The van der Waals surface area contributed by atoms with Gasteiger partial charge in [-0.15, -0.1) is 0 Å². The molecule has 6 nitrogen and oxygen atoms in total. The first-order valence-electron chi connectivity index (χ1n) is 8.68. The number of rotatable bonds is 4. The number of methoxy groups -OCH3 is 2. The van der Waals surface area contributed by atoms with E-state index in [9.17, 15) is 5.26 Å². The van der Waals surface area contributed by atoms with Gasteiger partial charge in [-0.25, -0.2) is 0 Å². The molecule has 1 heterocycles. The van der Waals surface area contributed by atoms with Crippen molar-refractivity contribution in [3.05, 3.63) is 48.0 Å². The van der Waals surface area contributed by atoms with E-state index in [0.717, 1.165) is 43.3 Å². The lowest BCUT2D eigenvalue weighted by Crippen LogP contribution is -2.50. The molecular weight excluding hydrogens is 360 g/mol. The molecule has 2 aromatic carbocycles. The van der Waals surface area contributed by atoms with E-state index in [1.165, 1.54) is 0 Å². The highest BCUT2D eigenvalue weighted by molar-refractivity contribution is 7.80. The van der Waals surface area contributed by atoms with E-state index in [2.05, 4.69) is 21.2 Å². The molecule has 0 spiro atoms. The van der Waals surface area contributed by atoms with Crippen LogP contribution in [0, 0.1) is 11.3 Å². The van der Waals surface area contributed by atoms with Crippen molar-refractivity contribution in [1.82, 2.24) is 4.90 Å². The SMILES string of the molecule is COc1ccc(OC)c(NC(=S)N2CCN(c3ccccc3C#N)CC2)c1. The van der Waals surface area contributed by atoms with Gasteiger partial charge < -0.3 is 24.6 Å². The standard InChI is InChI=1S/C20H22N4O2S/c1-25-16-7-8-19(26-2)17(13-16)22-20(27)24-11-9-23(10-12-24)18-6-4-3-5-15(18)14-21/h3-8,13H,9-12H2,1-2H3,(H,22,27). The number of ether oxygens (including phenoxy) is 2. The second kappa shape index (κ2) is 8.60. The van der Waals surface area contributed by atoms with Crippen LogP contribution in [0.5, 0.6) is 11.5 Å². The van der Waals surface area contributed by atoms with E-state index >= 15 is 0 Å². The Morgan fingerprint density at radius 3 is 2.48 bits per heavy atom. The summed E-state index contributed by atoms with van der Waals surface area (Å²) in [6, 6.07) is 15.5. The molecule has 0 bridgehead atoms. The Hall–Kier alpha value is -2.98. The van der Waals surface area contributed by atoms with Crippen molar-refractivity contribution in [1.29, 1.82) is 5.26 Å². The lowest BCUT2D eigenvalue weighted by molar-refractivity contribution is 0.389. The topological polar surface area (TPSA) is 60.8 Å². The predicted molar refractivity (Wildman–Crippen MR) is 111 cm³/mol. The highest BCUT2D eigenvalue weighted by atomic mass is 32.1. The molecule has 0 atom stereocenters. The first kappa shape index (κ1) is 18.8. The molecule has 1 saturated heterocycles. The molecule has 140 valence electrons. The molecule has 0 saturated carbocycles. The average molecular weight is 382 g/mol. The maximum absolute atomic E-state index is 9.31. The van der Waals surface area contributed by atoms with Crippen molar-refractivity contribution >= 4 is 28.7 Å². The van der Waals surface area contributed by atoms with Crippen LogP contribution in [0.4, 0.5) is 11.4 Å². The van der Waals surface area contributed by atoms with Gasteiger partial charge in [-0.05, 0) is 36.5 Å². The van der Waals surface area contributed by atoms with Crippen LogP contribution in [-0.2, 0) is 0 Å². The Morgan fingerprint density at radius 1 is 1.07 bits per heavy atom. The Morgan fingerprint density at radius 2 is 1.81 bits per heavy atom. The highest BCUT2D eigenvalue weighted by Crippen LogP contribution is 2.29. The van der Waals surface area contributed by atoms with Crippen LogP contribution in [0.1, 0.15) is 5.56 Å². The van der Waals surface area contributed by atoms with Crippen LogP contribution < -0.4 is 19.7 Å². The molecule has 1 fully saturated rings. The van der Waals surface area contributed by atoms with Crippen LogP contribution in [0.3, 0.4) is 0 Å². The molecule has 0 aromatic heterocycles. The van der Waals surface area contributed by atoms with Gasteiger partial charge in [0.05, 0.1) is 31.2 Å². The molecule has 27 heavy (non-hydrogen) atoms. The summed E-state index contributed by atoms with van der Waals surface area (Å²) < 4.78 is 10.7. The molecule has 0 radical (unpaired) electrons. The van der Waals surface area contributed by atoms with Crippen LogP contribution in [0.25, 0.3) is 0 Å². The number of nitrogens with one attached hydrogen (secondary N) is 1. The fourth-order valence-electron chi connectivity index (χ4n) is 3.10. The summed E-state index contributed by atoms with van der Waals surface area (Å²) >= 11 is 5.59. The van der Waals surface area contributed by atoms with Crippen LogP contribution >= 0.6 is 12.2 Å².